The van der Waals surface area contributed by atoms with Crippen LogP contribution in [0.5, 0.6) is 0 Å². The van der Waals surface area contributed by atoms with Crippen molar-refractivity contribution >= 4 is 40.1 Å². The summed E-state index contributed by atoms with van der Waals surface area (Å²) in [6, 6.07) is 7.32. The lowest BCUT2D eigenvalue weighted by atomic mass is 10.2. The predicted octanol–water partition coefficient (Wildman–Crippen LogP) is 3.72. The maximum atomic E-state index is 12.7. The molecule has 2 heterocycles. The maximum Gasteiger partial charge on any atom is 0.350 e. The molecule has 8 heteroatoms. The monoisotopic (exact) mass is 379 g/mol. The second-order valence-corrected chi connectivity index (χ2v) is 7.03. The van der Waals surface area contributed by atoms with Gasteiger partial charge in [-0.3, -0.25) is 4.90 Å². The van der Waals surface area contributed by atoms with Crippen LogP contribution in [0, 0.1) is 6.92 Å². The van der Waals surface area contributed by atoms with Crippen LogP contribution in [0.1, 0.15) is 27.9 Å². The molecule has 0 spiro atoms. The average Bonchev–Trinajstić information content (AvgIpc) is 3.13. The molecule has 2 aromatic rings. The summed E-state index contributed by atoms with van der Waals surface area (Å²) in [5.41, 5.74) is 1.60. The number of anilines is 1. The summed E-state index contributed by atoms with van der Waals surface area (Å²) in [7, 11) is 0. The Labute approximate surface area is 155 Å². The number of nitrogens with zero attached hydrogens (tertiary/aromatic N) is 3. The molecule has 2 amide bonds. The summed E-state index contributed by atoms with van der Waals surface area (Å²) < 4.78 is 5.03. The van der Waals surface area contributed by atoms with Crippen molar-refractivity contribution in [1.82, 2.24) is 9.88 Å². The fourth-order valence-corrected chi connectivity index (χ4v) is 3.71. The first-order valence-corrected chi connectivity index (χ1v) is 9.14. The number of halogens is 1. The van der Waals surface area contributed by atoms with E-state index >= 15 is 0 Å². The lowest BCUT2D eigenvalue weighted by molar-refractivity contribution is 0.0531. The average molecular weight is 380 g/mol. The third-order valence-corrected chi connectivity index (χ3v) is 5.27. The summed E-state index contributed by atoms with van der Waals surface area (Å²) in [5.74, 6) is -0.395. The van der Waals surface area contributed by atoms with Gasteiger partial charge in [0.1, 0.15) is 4.88 Å². The Balaban J connectivity index is 1.72. The van der Waals surface area contributed by atoms with Gasteiger partial charge < -0.3 is 9.64 Å². The minimum atomic E-state index is -0.395. The number of ether oxygens (including phenoxy) is 1. The van der Waals surface area contributed by atoms with Crippen LogP contribution in [-0.4, -0.2) is 41.6 Å². The van der Waals surface area contributed by atoms with E-state index in [-0.39, 0.29) is 6.03 Å². The molecule has 0 unspecified atom stereocenters. The van der Waals surface area contributed by atoms with Crippen molar-refractivity contribution in [2.75, 3.05) is 24.6 Å². The quantitative estimate of drug-likeness (QED) is 0.743. The minimum absolute atomic E-state index is 0.112. The number of aryl methyl sites for hydroxylation is 1. The van der Waals surface area contributed by atoms with Crippen molar-refractivity contribution < 1.29 is 14.3 Å². The van der Waals surface area contributed by atoms with E-state index in [9.17, 15) is 9.59 Å². The van der Waals surface area contributed by atoms with Gasteiger partial charge in [0.15, 0.2) is 5.13 Å². The van der Waals surface area contributed by atoms with Gasteiger partial charge in [0.2, 0.25) is 0 Å². The fraction of sp³-hybridized carbons (Fsp3) is 0.353. The van der Waals surface area contributed by atoms with E-state index in [4.69, 9.17) is 16.3 Å². The van der Waals surface area contributed by atoms with Gasteiger partial charge in [0.25, 0.3) is 0 Å². The number of esters is 1. The molecule has 0 N–H and O–H groups in total. The maximum absolute atomic E-state index is 12.7. The zero-order chi connectivity index (χ0) is 18.0. The van der Waals surface area contributed by atoms with Gasteiger partial charge >= 0.3 is 12.0 Å². The number of amides is 2. The van der Waals surface area contributed by atoms with Gasteiger partial charge in [-0.1, -0.05) is 35.1 Å². The van der Waals surface area contributed by atoms with Gasteiger partial charge in [0, 0.05) is 24.7 Å². The first-order valence-electron chi connectivity index (χ1n) is 7.95. The standard InChI is InChI=1S/C17H18ClN3O3S/c1-3-24-15(22)14-11(2)19-16(25-14)21-9-8-20(17(21)23)10-12-4-6-13(18)7-5-12/h4-7H,3,8-10H2,1-2H3. The molecule has 132 valence electrons. The first kappa shape index (κ1) is 17.7. The number of aromatic nitrogens is 1. The Hall–Kier alpha value is -2.12. The lowest BCUT2D eigenvalue weighted by Crippen LogP contribution is -2.31. The Kier molecular flexibility index (Phi) is 5.24. The SMILES string of the molecule is CCOC(=O)c1sc(N2CCN(Cc3ccc(Cl)cc3)C2=O)nc1C. The van der Waals surface area contributed by atoms with E-state index in [1.807, 2.05) is 24.3 Å². The number of hydrogen-bond acceptors (Lipinski definition) is 5. The highest BCUT2D eigenvalue weighted by Gasteiger charge is 2.32. The van der Waals surface area contributed by atoms with Crippen LogP contribution in [-0.2, 0) is 11.3 Å². The molecule has 1 aromatic carbocycles. The first-order chi connectivity index (χ1) is 12.0. The number of benzene rings is 1. The highest BCUT2D eigenvalue weighted by Crippen LogP contribution is 2.29. The van der Waals surface area contributed by atoms with E-state index in [1.165, 1.54) is 11.3 Å². The van der Waals surface area contributed by atoms with Crippen molar-refractivity contribution in [3.05, 3.63) is 45.4 Å². The van der Waals surface area contributed by atoms with Crippen LogP contribution in [0.3, 0.4) is 0 Å². The van der Waals surface area contributed by atoms with E-state index in [2.05, 4.69) is 4.98 Å². The summed E-state index contributed by atoms with van der Waals surface area (Å²) >= 11 is 7.09. The van der Waals surface area contributed by atoms with Crippen LogP contribution in [0.4, 0.5) is 9.93 Å². The molecule has 0 bridgehead atoms. The summed E-state index contributed by atoms with van der Waals surface area (Å²) in [4.78, 5) is 32.8. The molecule has 25 heavy (non-hydrogen) atoms. The number of thiazole rings is 1. The van der Waals surface area contributed by atoms with E-state index < -0.39 is 5.97 Å². The summed E-state index contributed by atoms with van der Waals surface area (Å²) in [6.07, 6.45) is 0. The van der Waals surface area contributed by atoms with Crippen LogP contribution < -0.4 is 4.90 Å². The topological polar surface area (TPSA) is 62.7 Å². The molecule has 3 rings (SSSR count). The summed E-state index contributed by atoms with van der Waals surface area (Å²) in [5, 5.41) is 1.20. The predicted molar refractivity (Wildman–Crippen MR) is 97.4 cm³/mol. The molecule has 1 fully saturated rings. The summed E-state index contributed by atoms with van der Waals surface area (Å²) in [6.45, 7) is 5.48. The van der Waals surface area contributed by atoms with Gasteiger partial charge in [-0.2, -0.15) is 0 Å². The highest BCUT2D eigenvalue weighted by molar-refractivity contribution is 7.17. The Bertz CT molecular complexity index is 791. The molecule has 0 radical (unpaired) electrons. The molecular weight excluding hydrogens is 362 g/mol. The number of hydrogen-bond donors (Lipinski definition) is 0. The van der Waals surface area contributed by atoms with Gasteiger partial charge in [-0.05, 0) is 31.5 Å². The zero-order valence-corrected chi connectivity index (χ0v) is 15.6. The highest BCUT2D eigenvalue weighted by atomic mass is 35.5. The third kappa shape index (κ3) is 3.77. The minimum Gasteiger partial charge on any atom is -0.462 e. The van der Waals surface area contributed by atoms with Gasteiger partial charge in [-0.15, -0.1) is 0 Å². The normalized spacial score (nSPS) is 14.3. The van der Waals surface area contributed by atoms with Crippen LogP contribution in [0.15, 0.2) is 24.3 Å². The van der Waals surface area contributed by atoms with Gasteiger partial charge in [-0.25, -0.2) is 14.6 Å². The Morgan fingerprint density at radius 1 is 1.32 bits per heavy atom. The van der Waals surface area contributed by atoms with Crippen molar-refractivity contribution in [2.24, 2.45) is 0 Å². The molecule has 0 atom stereocenters. The largest absolute Gasteiger partial charge is 0.462 e. The smallest absolute Gasteiger partial charge is 0.350 e. The number of rotatable bonds is 5. The molecule has 1 aliphatic rings. The molecule has 6 nitrogen and oxygen atoms in total. The second-order valence-electron chi connectivity index (χ2n) is 5.61. The number of carbonyl (C=O) groups is 2. The van der Waals surface area contributed by atoms with E-state index in [1.54, 1.807) is 23.6 Å². The van der Waals surface area contributed by atoms with Crippen molar-refractivity contribution in [3.8, 4) is 0 Å². The second kappa shape index (κ2) is 7.41. The Morgan fingerprint density at radius 2 is 2.04 bits per heavy atom. The van der Waals surface area contributed by atoms with Crippen LogP contribution in [0.25, 0.3) is 0 Å². The van der Waals surface area contributed by atoms with Gasteiger partial charge in [0.05, 0.1) is 12.3 Å². The molecule has 0 saturated carbocycles. The van der Waals surface area contributed by atoms with Crippen molar-refractivity contribution in [1.29, 1.82) is 0 Å². The van der Waals surface area contributed by atoms with Crippen LogP contribution >= 0.6 is 22.9 Å². The van der Waals surface area contributed by atoms with Crippen molar-refractivity contribution in [2.45, 2.75) is 20.4 Å². The number of carbonyl (C=O) groups excluding carboxylic acids is 2. The fourth-order valence-electron chi connectivity index (χ4n) is 2.60. The molecule has 1 aromatic heterocycles. The molecule has 1 saturated heterocycles. The Morgan fingerprint density at radius 3 is 2.72 bits per heavy atom. The van der Waals surface area contributed by atoms with E-state index in [0.29, 0.717) is 47.0 Å². The lowest BCUT2D eigenvalue weighted by Gasteiger charge is -2.17. The zero-order valence-electron chi connectivity index (χ0n) is 14.0. The van der Waals surface area contributed by atoms with Crippen LogP contribution in [0.2, 0.25) is 5.02 Å². The number of urea groups is 1. The molecule has 1 aliphatic heterocycles. The third-order valence-electron chi connectivity index (χ3n) is 3.86. The molecule has 0 aliphatic carbocycles. The van der Waals surface area contributed by atoms with Crippen molar-refractivity contribution in [3.63, 3.8) is 0 Å². The molecular formula is C17H18ClN3O3S. The van der Waals surface area contributed by atoms with E-state index in [0.717, 1.165) is 5.56 Å².